The van der Waals surface area contributed by atoms with Crippen molar-refractivity contribution in [1.29, 1.82) is 0 Å². The van der Waals surface area contributed by atoms with Crippen LogP contribution in [-0.2, 0) is 11.2 Å². The van der Waals surface area contributed by atoms with Gasteiger partial charge in [0.25, 0.3) is 0 Å². The zero-order valence-electron chi connectivity index (χ0n) is 10.8. The molecule has 3 aromatic carbocycles. The van der Waals surface area contributed by atoms with Crippen molar-refractivity contribution in [3.8, 4) is 0 Å². The van der Waals surface area contributed by atoms with Crippen LogP contribution in [0, 0.1) is 0 Å². The lowest BCUT2D eigenvalue weighted by molar-refractivity contribution is 0.0517. The van der Waals surface area contributed by atoms with Gasteiger partial charge in [0.1, 0.15) is 5.72 Å². The Morgan fingerprint density at radius 2 is 1.74 bits per heavy atom. The van der Waals surface area contributed by atoms with E-state index in [0.717, 1.165) is 6.42 Å². The third-order valence-corrected chi connectivity index (χ3v) is 4.14. The molecule has 0 radical (unpaired) electrons. The van der Waals surface area contributed by atoms with Gasteiger partial charge < -0.3 is 4.74 Å². The average Bonchev–Trinajstić information content (AvgIpc) is 2.44. The standard InChI is InChI=1S/C17H15NO/c1-19-17(18)9-13-7-5-11-3-2-4-12-6-8-14(10-17)16(13)15(11)12/h2-9H,10,18H2,1H3. The molecule has 0 spiro atoms. The fourth-order valence-corrected chi connectivity index (χ4v) is 3.19. The lowest BCUT2D eigenvalue weighted by atomic mass is 9.87. The van der Waals surface area contributed by atoms with Crippen molar-refractivity contribution in [2.24, 2.45) is 5.73 Å². The summed E-state index contributed by atoms with van der Waals surface area (Å²) in [5.41, 5.74) is 6.85. The van der Waals surface area contributed by atoms with Gasteiger partial charge in [-0.1, -0.05) is 42.5 Å². The minimum Gasteiger partial charge on any atom is -0.360 e. The Morgan fingerprint density at radius 1 is 1.00 bits per heavy atom. The number of hydrogen-bond donors (Lipinski definition) is 1. The molecule has 2 heteroatoms. The van der Waals surface area contributed by atoms with Crippen molar-refractivity contribution in [2.45, 2.75) is 12.1 Å². The maximum Gasteiger partial charge on any atom is 0.140 e. The number of rotatable bonds is 1. The van der Waals surface area contributed by atoms with Gasteiger partial charge in [0.05, 0.1) is 0 Å². The Labute approximate surface area is 111 Å². The lowest BCUT2D eigenvalue weighted by Crippen LogP contribution is -2.45. The van der Waals surface area contributed by atoms with E-state index in [1.54, 1.807) is 7.11 Å². The predicted octanol–water partition coefficient (Wildman–Crippen LogP) is 2.35. The number of hydrogen-bond acceptors (Lipinski definition) is 2. The minimum atomic E-state index is -0.688. The summed E-state index contributed by atoms with van der Waals surface area (Å²) in [7, 11) is 1.67. The number of nitrogens with two attached hydrogens (primary N) is 1. The van der Waals surface area contributed by atoms with E-state index in [1.807, 2.05) is 6.08 Å². The molecule has 1 aliphatic carbocycles. The van der Waals surface area contributed by atoms with Crippen LogP contribution < -0.4 is 11.0 Å². The summed E-state index contributed by atoms with van der Waals surface area (Å²) in [4.78, 5) is 0. The molecule has 19 heavy (non-hydrogen) atoms. The topological polar surface area (TPSA) is 35.2 Å². The van der Waals surface area contributed by atoms with E-state index in [2.05, 4.69) is 42.5 Å². The monoisotopic (exact) mass is 249 g/mol. The molecule has 1 atom stereocenters. The van der Waals surface area contributed by atoms with Gasteiger partial charge in [-0.15, -0.1) is 0 Å². The summed E-state index contributed by atoms with van der Waals surface area (Å²) >= 11 is 0. The van der Waals surface area contributed by atoms with Crippen LogP contribution in [-0.4, -0.2) is 12.8 Å². The molecule has 2 N–H and O–H groups in total. The molecule has 1 aliphatic rings. The van der Waals surface area contributed by atoms with Gasteiger partial charge >= 0.3 is 0 Å². The van der Waals surface area contributed by atoms with Crippen molar-refractivity contribution in [3.63, 3.8) is 0 Å². The molecular formula is C17H15NO. The Kier molecular flexibility index (Phi) is 2.06. The molecule has 0 heterocycles. The minimum absolute atomic E-state index is 0.688. The molecule has 0 aromatic heterocycles. The van der Waals surface area contributed by atoms with E-state index in [0.29, 0.717) is 0 Å². The third kappa shape index (κ3) is 1.44. The van der Waals surface area contributed by atoms with Gasteiger partial charge in [-0.3, -0.25) is 5.73 Å². The smallest absolute Gasteiger partial charge is 0.140 e. The van der Waals surface area contributed by atoms with Crippen molar-refractivity contribution in [3.05, 3.63) is 53.2 Å². The second kappa shape index (κ2) is 3.56. The molecule has 94 valence electrons. The number of benzene rings is 3. The van der Waals surface area contributed by atoms with Gasteiger partial charge in [0.2, 0.25) is 0 Å². The first-order valence-electron chi connectivity index (χ1n) is 6.50. The highest BCUT2D eigenvalue weighted by atomic mass is 16.5. The Hall–Kier alpha value is -1.90. The number of methoxy groups -OCH3 is 1. The fourth-order valence-electron chi connectivity index (χ4n) is 3.19. The Bertz CT molecular complexity index is 837. The molecule has 0 bridgehead atoms. The molecule has 3 aromatic rings. The molecule has 2 nitrogen and oxygen atoms in total. The third-order valence-electron chi connectivity index (χ3n) is 4.14. The summed E-state index contributed by atoms with van der Waals surface area (Å²) in [6.07, 6.45) is 2.77. The van der Waals surface area contributed by atoms with Gasteiger partial charge in [-0.2, -0.15) is 0 Å². The molecular weight excluding hydrogens is 234 g/mol. The van der Waals surface area contributed by atoms with Gasteiger partial charge in [0.15, 0.2) is 0 Å². The second-order valence-corrected chi connectivity index (χ2v) is 5.31. The maximum atomic E-state index is 6.27. The van der Waals surface area contributed by atoms with Crippen LogP contribution in [0.15, 0.2) is 42.5 Å². The van der Waals surface area contributed by atoms with E-state index in [9.17, 15) is 0 Å². The summed E-state index contributed by atoms with van der Waals surface area (Å²) in [6, 6.07) is 15.1. The van der Waals surface area contributed by atoms with Crippen LogP contribution >= 0.6 is 0 Å². The average molecular weight is 249 g/mol. The van der Waals surface area contributed by atoms with Crippen LogP contribution in [0.5, 0.6) is 0 Å². The molecule has 1 unspecified atom stereocenters. The highest BCUT2D eigenvalue weighted by Crippen LogP contribution is 2.31. The van der Waals surface area contributed by atoms with Crippen molar-refractivity contribution < 1.29 is 4.74 Å². The van der Waals surface area contributed by atoms with Crippen LogP contribution in [0.2, 0.25) is 0 Å². The SMILES string of the molecule is COC1(N)C=c2ccc3cccc4ccc(c2c43)C1. The van der Waals surface area contributed by atoms with Crippen LogP contribution in [0.1, 0.15) is 5.56 Å². The molecule has 0 saturated heterocycles. The second-order valence-electron chi connectivity index (χ2n) is 5.31. The van der Waals surface area contributed by atoms with Crippen LogP contribution in [0.3, 0.4) is 0 Å². The lowest BCUT2D eigenvalue weighted by Gasteiger charge is -2.29. The zero-order valence-corrected chi connectivity index (χ0v) is 10.8. The van der Waals surface area contributed by atoms with E-state index >= 15 is 0 Å². The predicted molar refractivity (Wildman–Crippen MR) is 78.8 cm³/mol. The first kappa shape index (κ1) is 11.0. The first-order chi connectivity index (χ1) is 9.20. The van der Waals surface area contributed by atoms with Gasteiger partial charge in [-0.05, 0) is 38.4 Å². The largest absolute Gasteiger partial charge is 0.360 e. The summed E-state index contributed by atoms with van der Waals surface area (Å²) in [5.74, 6) is 0. The van der Waals surface area contributed by atoms with E-state index in [-0.39, 0.29) is 0 Å². The summed E-state index contributed by atoms with van der Waals surface area (Å²) in [6.45, 7) is 0. The van der Waals surface area contributed by atoms with E-state index in [4.69, 9.17) is 10.5 Å². The first-order valence-corrected chi connectivity index (χ1v) is 6.50. The van der Waals surface area contributed by atoms with Crippen LogP contribution in [0.25, 0.3) is 27.6 Å². The van der Waals surface area contributed by atoms with Crippen LogP contribution in [0.4, 0.5) is 0 Å². The highest BCUT2D eigenvalue weighted by molar-refractivity contribution is 6.11. The molecule has 0 aliphatic heterocycles. The molecule has 0 fully saturated rings. The molecule has 4 rings (SSSR count). The molecule has 0 saturated carbocycles. The van der Waals surface area contributed by atoms with E-state index in [1.165, 1.54) is 32.3 Å². The maximum absolute atomic E-state index is 6.27. The van der Waals surface area contributed by atoms with Crippen molar-refractivity contribution in [2.75, 3.05) is 7.11 Å². The Morgan fingerprint density at radius 3 is 2.47 bits per heavy atom. The molecule has 0 amide bonds. The van der Waals surface area contributed by atoms with Crippen molar-refractivity contribution in [1.82, 2.24) is 0 Å². The normalized spacial score (nSPS) is 21.8. The van der Waals surface area contributed by atoms with Gasteiger partial charge in [0, 0.05) is 13.5 Å². The highest BCUT2D eigenvalue weighted by Gasteiger charge is 2.27. The van der Waals surface area contributed by atoms with E-state index < -0.39 is 5.72 Å². The van der Waals surface area contributed by atoms with Crippen molar-refractivity contribution >= 4 is 27.6 Å². The van der Waals surface area contributed by atoms with Gasteiger partial charge in [-0.25, -0.2) is 0 Å². The Balaban J connectivity index is 2.25. The quantitative estimate of drug-likeness (QED) is 0.672. The fraction of sp³-hybridized carbons (Fsp3) is 0.176. The number of ether oxygens (including phenoxy) is 1. The summed E-state index contributed by atoms with van der Waals surface area (Å²) in [5, 5.41) is 6.41. The zero-order chi connectivity index (χ0) is 13.0. The summed E-state index contributed by atoms with van der Waals surface area (Å²) < 4.78 is 5.47.